The van der Waals surface area contributed by atoms with E-state index in [1.54, 1.807) is 0 Å². The summed E-state index contributed by atoms with van der Waals surface area (Å²) in [5, 5.41) is 0. The molecule has 0 aromatic rings. The van der Waals surface area contributed by atoms with Crippen molar-refractivity contribution in [1.82, 2.24) is 0 Å². The molecule has 0 atom stereocenters. The van der Waals surface area contributed by atoms with E-state index in [0.717, 1.165) is 0 Å². The Morgan fingerprint density at radius 2 is 0.568 bits per heavy atom. The molecule has 0 saturated carbocycles. The topological polar surface area (TPSA) is 9.23 Å². The Morgan fingerprint density at radius 1 is 0.351 bits per heavy atom. The summed E-state index contributed by atoms with van der Waals surface area (Å²) >= 11 is 0. The Hall–Kier alpha value is -2.78. The van der Waals surface area contributed by atoms with Crippen LogP contribution in [-0.4, -0.2) is 36.0 Å². The number of halogens is 22. The SMILES string of the molecule is FC(OC(F)=C(F)C(F)=C(F)C(F)(F)C(F)(F)C(F)(F)F)=C(F)C(F)=C(F)C(F)(F)C(F)(F)C(F)(F)F. The molecule has 23 heteroatoms. The molecule has 0 fully saturated rings. The van der Waals surface area contributed by atoms with Gasteiger partial charge in [-0.25, -0.2) is 17.6 Å². The van der Waals surface area contributed by atoms with E-state index in [-0.39, 0.29) is 0 Å². The minimum absolute atomic E-state index is 2.33. The first-order valence-electron chi connectivity index (χ1n) is 7.57. The van der Waals surface area contributed by atoms with Gasteiger partial charge in [-0.3, -0.25) is 0 Å². The number of rotatable bonds is 8. The fraction of sp³-hybridized carbons (Fsp3) is 0.429. The molecule has 0 saturated heterocycles. The normalized spacial score (nSPS) is 17.6. The van der Waals surface area contributed by atoms with Gasteiger partial charge < -0.3 is 4.74 Å². The van der Waals surface area contributed by atoms with Gasteiger partial charge in [-0.05, 0) is 0 Å². The zero-order valence-electron chi connectivity index (χ0n) is 15.7. The molecule has 0 aliphatic carbocycles. The van der Waals surface area contributed by atoms with Crippen molar-refractivity contribution >= 4 is 0 Å². The molecule has 216 valence electrons. The molecule has 0 rings (SSSR count). The molecule has 0 heterocycles. The van der Waals surface area contributed by atoms with Gasteiger partial charge in [-0.15, -0.1) is 0 Å². The molecule has 0 amide bonds. The largest absolute Gasteiger partial charge is 0.460 e. The maximum absolute atomic E-state index is 13.1. The second kappa shape index (κ2) is 10.2. The third-order valence-electron chi connectivity index (χ3n) is 3.35. The van der Waals surface area contributed by atoms with E-state index in [4.69, 9.17) is 0 Å². The van der Waals surface area contributed by atoms with Crippen molar-refractivity contribution in [1.29, 1.82) is 0 Å². The minimum Gasteiger partial charge on any atom is -0.399 e. The molecule has 0 unspecified atom stereocenters. The van der Waals surface area contributed by atoms with Crippen molar-refractivity contribution in [2.45, 2.75) is 36.0 Å². The second-order valence-electron chi connectivity index (χ2n) is 5.83. The van der Waals surface area contributed by atoms with Gasteiger partial charge in [0.2, 0.25) is 35.0 Å². The molecule has 0 aromatic heterocycles. The summed E-state index contributed by atoms with van der Waals surface area (Å²) < 4.78 is 280. The van der Waals surface area contributed by atoms with Crippen LogP contribution in [0, 0.1) is 0 Å². The van der Waals surface area contributed by atoms with Crippen molar-refractivity contribution in [3.8, 4) is 0 Å². The van der Waals surface area contributed by atoms with Crippen molar-refractivity contribution in [2.24, 2.45) is 0 Å². The Balaban J connectivity index is 6.56. The highest BCUT2D eigenvalue weighted by Crippen LogP contribution is 2.53. The lowest BCUT2D eigenvalue weighted by Gasteiger charge is -2.27. The Kier molecular flexibility index (Phi) is 9.41. The summed E-state index contributed by atoms with van der Waals surface area (Å²) in [5.74, 6) is -56.7. The van der Waals surface area contributed by atoms with Crippen LogP contribution < -0.4 is 0 Å². The predicted octanol–water partition coefficient (Wildman–Crippen LogP) is 9.19. The Morgan fingerprint density at radius 3 is 0.757 bits per heavy atom. The number of allylic oxidation sites excluding steroid dienone is 6. The minimum atomic E-state index is -7.55. The van der Waals surface area contributed by atoms with Crippen LogP contribution in [-0.2, 0) is 4.74 Å². The van der Waals surface area contributed by atoms with Crippen LogP contribution in [0.15, 0.2) is 47.0 Å². The summed E-state index contributed by atoms with van der Waals surface area (Å²) in [6.07, 6.45) is -14.8. The van der Waals surface area contributed by atoms with Crippen molar-refractivity contribution in [2.75, 3.05) is 0 Å². The highest BCUT2D eigenvalue weighted by atomic mass is 19.4. The molecular formula is C14F22O. The van der Waals surface area contributed by atoms with Gasteiger partial charge in [0.05, 0.1) is 0 Å². The van der Waals surface area contributed by atoms with Crippen molar-refractivity contribution in [3.05, 3.63) is 47.0 Å². The average molecular weight is 602 g/mol. The third-order valence-corrected chi connectivity index (χ3v) is 3.35. The summed E-state index contributed by atoms with van der Waals surface area (Å²) in [4.78, 5) is 0. The molecule has 37 heavy (non-hydrogen) atoms. The first-order chi connectivity index (χ1) is 16.0. The first kappa shape index (κ1) is 34.2. The molecular weight excluding hydrogens is 602 g/mol. The second-order valence-corrected chi connectivity index (χ2v) is 5.83. The van der Waals surface area contributed by atoms with Crippen LogP contribution in [0.5, 0.6) is 0 Å². The average Bonchev–Trinajstić information content (AvgIpc) is 2.73. The predicted molar refractivity (Wildman–Crippen MR) is 70.0 cm³/mol. The molecule has 0 aliphatic rings. The van der Waals surface area contributed by atoms with E-state index in [0.29, 0.717) is 0 Å². The monoisotopic (exact) mass is 602 g/mol. The zero-order chi connectivity index (χ0) is 30.3. The van der Waals surface area contributed by atoms with E-state index in [9.17, 15) is 96.6 Å². The maximum atomic E-state index is 13.1. The Labute approximate surface area is 185 Å². The summed E-state index contributed by atoms with van der Waals surface area (Å²) in [5.41, 5.74) is 0. The van der Waals surface area contributed by atoms with E-state index >= 15 is 0 Å². The lowest BCUT2D eigenvalue weighted by Crippen LogP contribution is -2.52. The van der Waals surface area contributed by atoms with Crippen molar-refractivity contribution < 1.29 is 101 Å². The molecule has 0 aromatic carbocycles. The zero-order valence-corrected chi connectivity index (χ0v) is 15.7. The van der Waals surface area contributed by atoms with Gasteiger partial charge in [0, 0.05) is 0 Å². The van der Waals surface area contributed by atoms with Gasteiger partial charge in [0.1, 0.15) is 0 Å². The smallest absolute Gasteiger partial charge is 0.399 e. The highest BCUT2D eigenvalue weighted by Gasteiger charge is 2.76. The number of hydrogen-bond acceptors (Lipinski definition) is 1. The number of ether oxygens (including phenoxy) is 1. The molecule has 0 N–H and O–H groups in total. The van der Waals surface area contributed by atoms with Crippen LogP contribution in [0.25, 0.3) is 0 Å². The van der Waals surface area contributed by atoms with E-state index in [1.165, 1.54) is 0 Å². The first-order valence-corrected chi connectivity index (χ1v) is 7.57. The number of hydrogen-bond donors (Lipinski definition) is 0. The molecule has 1 nitrogen and oxygen atoms in total. The van der Waals surface area contributed by atoms with Crippen LogP contribution in [0.4, 0.5) is 96.6 Å². The van der Waals surface area contributed by atoms with Gasteiger partial charge in [-0.1, -0.05) is 0 Å². The lowest BCUT2D eigenvalue weighted by molar-refractivity contribution is -0.348. The quantitative estimate of drug-likeness (QED) is 0.153. The highest BCUT2D eigenvalue weighted by molar-refractivity contribution is 5.31. The van der Waals surface area contributed by atoms with Crippen LogP contribution in [0.1, 0.15) is 0 Å². The van der Waals surface area contributed by atoms with Gasteiger partial charge in [0.15, 0.2) is 0 Å². The standard InChI is InChI=1S/C14F22O/c15-1(5(19)9(23,24)11(27,28)13(31,32)33)3(17)7(21)37-8(22)4(18)2(16)6(20)10(25,26)12(29,30)14(34,35)36. The van der Waals surface area contributed by atoms with Crippen molar-refractivity contribution in [3.63, 3.8) is 0 Å². The summed E-state index contributed by atoms with van der Waals surface area (Å²) in [6.45, 7) is 0. The molecule has 0 radical (unpaired) electrons. The third kappa shape index (κ3) is 6.04. The lowest BCUT2D eigenvalue weighted by atomic mass is 10.1. The van der Waals surface area contributed by atoms with E-state index in [2.05, 4.69) is 4.74 Å². The molecule has 0 aliphatic heterocycles. The van der Waals surface area contributed by atoms with Crippen LogP contribution in [0.3, 0.4) is 0 Å². The van der Waals surface area contributed by atoms with Crippen LogP contribution >= 0.6 is 0 Å². The van der Waals surface area contributed by atoms with E-state index < -0.39 is 83.0 Å². The summed E-state index contributed by atoms with van der Waals surface area (Å²) in [6, 6.07) is -8.15. The fourth-order valence-corrected chi connectivity index (χ4v) is 1.44. The maximum Gasteiger partial charge on any atom is 0.460 e. The van der Waals surface area contributed by atoms with E-state index in [1.807, 2.05) is 0 Å². The summed E-state index contributed by atoms with van der Waals surface area (Å²) in [7, 11) is 0. The molecule has 0 bridgehead atoms. The molecule has 0 spiro atoms. The number of alkyl halides is 14. The van der Waals surface area contributed by atoms with Gasteiger partial charge in [0.25, 0.3) is 0 Å². The van der Waals surface area contributed by atoms with Crippen LogP contribution in [0.2, 0.25) is 0 Å². The Bertz CT molecular complexity index is 921. The van der Waals surface area contributed by atoms with Gasteiger partial charge in [-0.2, -0.15) is 79.0 Å². The van der Waals surface area contributed by atoms with Gasteiger partial charge >= 0.3 is 48.1 Å². The fourth-order valence-electron chi connectivity index (χ4n) is 1.44.